The largest absolute Gasteiger partial charge is 0.354 e. The van der Waals surface area contributed by atoms with Crippen molar-refractivity contribution in [3.05, 3.63) is 18.5 Å². The van der Waals surface area contributed by atoms with Crippen molar-refractivity contribution in [2.24, 2.45) is 5.92 Å². The minimum absolute atomic E-state index is 0.0887. The number of carbonyl (C=O) groups excluding carboxylic acids is 1. The fourth-order valence-corrected chi connectivity index (χ4v) is 1.21. The number of nitrogens with one attached hydrogen (secondary N) is 2. The second-order valence-electron chi connectivity index (χ2n) is 3.95. The molecule has 1 heterocycles. The van der Waals surface area contributed by atoms with E-state index in [2.05, 4.69) is 20.6 Å². The second-order valence-corrected chi connectivity index (χ2v) is 3.95. The first-order chi connectivity index (χ1) is 7.68. The first kappa shape index (κ1) is 12.4. The van der Waals surface area contributed by atoms with Gasteiger partial charge in [-0.2, -0.15) is 0 Å². The van der Waals surface area contributed by atoms with Crippen molar-refractivity contribution in [1.82, 2.24) is 15.3 Å². The highest BCUT2D eigenvalue weighted by molar-refractivity contribution is 5.76. The summed E-state index contributed by atoms with van der Waals surface area (Å²) in [4.78, 5) is 19.3. The normalized spacial score (nSPS) is 10.2. The van der Waals surface area contributed by atoms with Crippen LogP contribution in [0.15, 0.2) is 18.5 Å². The van der Waals surface area contributed by atoms with Crippen LogP contribution in [0.1, 0.15) is 20.3 Å². The lowest BCUT2D eigenvalue weighted by Crippen LogP contribution is -2.29. The van der Waals surface area contributed by atoms with Crippen LogP contribution in [-0.2, 0) is 4.79 Å². The Kier molecular flexibility index (Phi) is 5.25. The summed E-state index contributed by atoms with van der Waals surface area (Å²) in [5.41, 5.74) is 0. The van der Waals surface area contributed by atoms with Gasteiger partial charge in [0.15, 0.2) is 0 Å². The van der Waals surface area contributed by atoms with Gasteiger partial charge in [0.05, 0.1) is 0 Å². The standard InChI is InChI=1S/C11H18N4O/c1-9(2)8-10(16)12-6-7-15-11-13-4-3-5-14-11/h3-5,9H,6-8H2,1-2H3,(H,12,16)(H,13,14,15). The maximum absolute atomic E-state index is 11.3. The van der Waals surface area contributed by atoms with E-state index >= 15 is 0 Å². The fraction of sp³-hybridized carbons (Fsp3) is 0.545. The van der Waals surface area contributed by atoms with Crippen LogP contribution in [0.4, 0.5) is 5.95 Å². The molecule has 0 fully saturated rings. The van der Waals surface area contributed by atoms with E-state index in [1.165, 1.54) is 0 Å². The number of nitrogens with zero attached hydrogens (tertiary/aromatic N) is 2. The molecule has 88 valence electrons. The Morgan fingerprint density at radius 3 is 2.62 bits per heavy atom. The van der Waals surface area contributed by atoms with Crippen LogP contribution in [0.3, 0.4) is 0 Å². The molecule has 1 amide bonds. The number of anilines is 1. The summed E-state index contributed by atoms with van der Waals surface area (Å²) in [6.45, 7) is 5.27. The van der Waals surface area contributed by atoms with E-state index < -0.39 is 0 Å². The molecule has 0 atom stereocenters. The van der Waals surface area contributed by atoms with Gasteiger partial charge >= 0.3 is 0 Å². The van der Waals surface area contributed by atoms with Gasteiger partial charge in [-0.15, -0.1) is 0 Å². The first-order valence-electron chi connectivity index (χ1n) is 5.46. The monoisotopic (exact) mass is 222 g/mol. The molecule has 5 heteroatoms. The highest BCUT2D eigenvalue weighted by Gasteiger charge is 2.03. The van der Waals surface area contributed by atoms with Gasteiger partial charge < -0.3 is 10.6 Å². The Bertz CT molecular complexity index is 313. The van der Waals surface area contributed by atoms with E-state index in [9.17, 15) is 4.79 Å². The number of hydrogen-bond donors (Lipinski definition) is 2. The zero-order valence-corrected chi connectivity index (χ0v) is 9.73. The maximum Gasteiger partial charge on any atom is 0.222 e. The first-order valence-corrected chi connectivity index (χ1v) is 5.46. The lowest BCUT2D eigenvalue weighted by molar-refractivity contribution is -0.121. The molecule has 0 spiro atoms. The predicted molar refractivity (Wildman–Crippen MR) is 63.0 cm³/mol. The fourth-order valence-electron chi connectivity index (χ4n) is 1.21. The Morgan fingerprint density at radius 2 is 2.00 bits per heavy atom. The van der Waals surface area contributed by atoms with E-state index in [1.807, 2.05) is 13.8 Å². The van der Waals surface area contributed by atoms with Crippen LogP contribution in [0.5, 0.6) is 0 Å². The van der Waals surface area contributed by atoms with Crippen molar-refractivity contribution in [2.75, 3.05) is 18.4 Å². The smallest absolute Gasteiger partial charge is 0.222 e. The summed E-state index contributed by atoms with van der Waals surface area (Å²) in [5, 5.41) is 5.84. The average molecular weight is 222 g/mol. The van der Waals surface area contributed by atoms with E-state index in [0.29, 0.717) is 31.4 Å². The quantitative estimate of drug-likeness (QED) is 0.706. The van der Waals surface area contributed by atoms with E-state index in [0.717, 1.165) is 0 Å². The third-order valence-electron chi connectivity index (χ3n) is 1.89. The molecule has 0 saturated carbocycles. The molecular weight excluding hydrogens is 204 g/mol. The molecule has 2 N–H and O–H groups in total. The molecule has 1 aromatic rings. The summed E-state index contributed by atoms with van der Waals surface area (Å²) < 4.78 is 0. The summed E-state index contributed by atoms with van der Waals surface area (Å²) in [6, 6.07) is 1.76. The molecule has 0 saturated heterocycles. The van der Waals surface area contributed by atoms with Gasteiger partial charge in [0, 0.05) is 31.9 Å². The number of aromatic nitrogens is 2. The number of hydrogen-bond acceptors (Lipinski definition) is 4. The lowest BCUT2D eigenvalue weighted by Gasteiger charge is -2.07. The molecule has 0 unspecified atom stereocenters. The number of carbonyl (C=O) groups is 1. The van der Waals surface area contributed by atoms with Crippen molar-refractivity contribution in [1.29, 1.82) is 0 Å². The van der Waals surface area contributed by atoms with Crippen LogP contribution in [0.25, 0.3) is 0 Å². The molecule has 1 aromatic heterocycles. The van der Waals surface area contributed by atoms with E-state index in [4.69, 9.17) is 0 Å². The minimum atomic E-state index is 0.0887. The van der Waals surface area contributed by atoms with Gasteiger partial charge in [0.2, 0.25) is 11.9 Å². The van der Waals surface area contributed by atoms with E-state index in [1.54, 1.807) is 18.5 Å². The Hall–Kier alpha value is -1.65. The maximum atomic E-state index is 11.3. The molecule has 0 aliphatic carbocycles. The molecular formula is C11H18N4O. The second kappa shape index (κ2) is 6.76. The van der Waals surface area contributed by atoms with Crippen molar-refractivity contribution >= 4 is 11.9 Å². The van der Waals surface area contributed by atoms with Crippen LogP contribution in [-0.4, -0.2) is 29.0 Å². The van der Waals surface area contributed by atoms with Crippen molar-refractivity contribution in [2.45, 2.75) is 20.3 Å². The van der Waals surface area contributed by atoms with Crippen LogP contribution in [0, 0.1) is 5.92 Å². The zero-order chi connectivity index (χ0) is 11.8. The third-order valence-corrected chi connectivity index (χ3v) is 1.89. The molecule has 1 rings (SSSR count). The lowest BCUT2D eigenvalue weighted by atomic mass is 10.1. The summed E-state index contributed by atoms with van der Waals surface area (Å²) in [6.07, 6.45) is 3.92. The Labute approximate surface area is 95.7 Å². The topological polar surface area (TPSA) is 66.9 Å². The van der Waals surface area contributed by atoms with Gasteiger partial charge in [-0.25, -0.2) is 9.97 Å². The van der Waals surface area contributed by atoms with Crippen molar-refractivity contribution in [3.63, 3.8) is 0 Å². The average Bonchev–Trinajstić information content (AvgIpc) is 2.25. The number of rotatable bonds is 6. The number of amides is 1. The zero-order valence-electron chi connectivity index (χ0n) is 9.73. The SMILES string of the molecule is CC(C)CC(=O)NCCNc1ncccn1. The molecule has 5 nitrogen and oxygen atoms in total. The van der Waals surface area contributed by atoms with Gasteiger partial charge in [-0.05, 0) is 12.0 Å². The Balaban J connectivity index is 2.10. The summed E-state index contributed by atoms with van der Waals surface area (Å²) in [7, 11) is 0. The van der Waals surface area contributed by atoms with Crippen LogP contribution >= 0.6 is 0 Å². The molecule has 0 bridgehead atoms. The summed E-state index contributed by atoms with van der Waals surface area (Å²) in [5.74, 6) is 1.07. The van der Waals surface area contributed by atoms with E-state index in [-0.39, 0.29) is 5.91 Å². The predicted octanol–water partition coefficient (Wildman–Crippen LogP) is 1.05. The van der Waals surface area contributed by atoms with Gasteiger partial charge in [-0.1, -0.05) is 13.8 Å². The molecule has 0 aliphatic heterocycles. The Morgan fingerprint density at radius 1 is 1.31 bits per heavy atom. The molecule has 16 heavy (non-hydrogen) atoms. The van der Waals surface area contributed by atoms with Crippen molar-refractivity contribution in [3.8, 4) is 0 Å². The highest BCUT2D eigenvalue weighted by atomic mass is 16.1. The van der Waals surface area contributed by atoms with Gasteiger partial charge in [0.25, 0.3) is 0 Å². The molecule has 0 aromatic carbocycles. The minimum Gasteiger partial charge on any atom is -0.354 e. The molecule has 0 radical (unpaired) electrons. The molecule has 0 aliphatic rings. The summed E-state index contributed by atoms with van der Waals surface area (Å²) >= 11 is 0. The van der Waals surface area contributed by atoms with Gasteiger partial charge in [-0.3, -0.25) is 4.79 Å². The van der Waals surface area contributed by atoms with Gasteiger partial charge in [0.1, 0.15) is 0 Å². The van der Waals surface area contributed by atoms with Crippen LogP contribution < -0.4 is 10.6 Å². The highest BCUT2D eigenvalue weighted by Crippen LogP contribution is 1.97. The third kappa shape index (κ3) is 5.29. The van der Waals surface area contributed by atoms with Crippen LogP contribution in [0.2, 0.25) is 0 Å². The van der Waals surface area contributed by atoms with Crippen molar-refractivity contribution < 1.29 is 4.79 Å².